The number of quaternary nitrogens is 1. The normalized spacial score (nSPS) is 17.3. The molecular formula is C20H29N2O4+. The summed E-state index contributed by atoms with van der Waals surface area (Å²) in [5.41, 5.74) is 0.931. The van der Waals surface area contributed by atoms with Crippen LogP contribution in [0.4, 0.5) is 0 Å². The maximum Gasteiger partial charge on any atom is 0.290 e. The molecule has 2 N–H and O–H groups in total. The Balaban J connectivity index is 2.30. The largest absolute Gasteiger partial charge is 0.503 e. The lowest BCUT2D eigenvalue weighted by Crippen LogP contribution is -3.11. The van der Waals surface area contributed by atoms with E-state index in [1.807, 2.05) is 24.3 Å². The molecule has 0 bridgehead atoms. The maximum absolute atomic E-state index is 12.6. The molecule has 6 heteroatoms. The Morgan fingerprint density at radius 1 is 1.31 bits per heavy atom. The Labute approximate surface area is 155 Å². The van der Waals surface area contributed by atoms with Crippen LogP contribution in [0.15, 0.2) is 35.6 Å². The molecule has 1 atom stereocenters. The first-order chi connectivity index (χ1) is 12.4. The minimum absolute atomic E-state index is 0.165. The molecular weight excluding hydrogens is 332 g/mol. The molecule has 26 heavy (non-hydrogen) atoms. The Bertz CT molecular complexity index is 695. The van der Waals surface area contributed by atoms with Crippen molar-refractivity contribution in [2.75, 3.05) is 33.3 Å². The number of hydrogen-bond donors (Lipinski definition) is 2. The Morgan fingerprint density at radius 3 is 2.58 bits per heavy atom. The summed E-state index contributed by atoms with van der Waals surface area (Å²) in [6.45, 7) is 9.16. The van der Waals surface area contributed by atoms with Crippen LogP contribution in [-0.4, -0.2) is 55.0 Å². The van der Waals surface area contributed by atoms with Crippen molar-refractivity contribution in [3.05, 3.63) is 41.2 Å². The zero-order valence-electron chi connectivity index (χ0n) is 16.0. The molecule has 1 aliphatic heterocycles. The van der Waals surface area contributed by atoms with Crippen LogP contribution in [0.25, 0.3) is 0 Å². The Morgan fingerprint density at radius 2 is 2.00 bits per heavy atom. The fraction of sp³-hybridized carbons (Fsp3) is 0.500. The molecule has 1 heterocycles. The van der Waals surface area contributed by atoms with Crippen LogP contribution >= 0.6 is 0 Å². The first kappa shape index (κ1) is 20.0. The summed E-state index contributed by atoms with van der Waals surface area (Å²) < 4.78 is 5.27. The molecule has 0 aromatic heterocycles. The minimum Gasteiger partial charge on any atom is -0.503 e. The van der Waals surface area contributed by atoms with E-state index in [-0.39, 0.29) is 11.4 Å². The van der Waals surface area contributed by atoms with Gasteiger partial charge in [-0.05, 0) is 38.5 Å². The van der Waals surface area contributed by atoms with Crippen LogP contribution in [-0.2, 0) is 9.59 Å². The number of amides is 1. The summed E-state index contributed by atoms with van der Waals surface area (Å²) in [4.78, 5) is 27.8. The number of benzene rings is 1. The molecule has 1 aromatic carbocycles. The average molecular weight is 361 g/mol. The number of nitrogens with zero attached hydrogens (tertiary/aromatic N) is 1. The van der Waals surface area contributed by atoms with Crippen molar-refractivity contribution in [1.82, 2.24) is 4.90 Å². The van der Waals surface area contributed by atoms with Crippen molar-refractivity contribution in [2.24, 2.45) is 0 Å². The third kappa shape index (κ3) is 4.07. The van der Waals surface area contributed by atoms with Gasteiger partial charge in [0.2, 0.25) is 0 Å². The van der Waals surface area contributed by atoms with E-state index in [0.717, 1.165) is 31.6 Å². The quantitative estimate of drug-likeness (QED) is 0.695. The molecule has 1 unspecified atom stereocenters. The van der Waals surface area contributed by atoms with Crippen molar-refractivity contribution in [1.29, 1.82) is 0 Å². The molecule has 0 spiro atoms. The van der Waals surface area contributed by atoms with E-state index in [1.54, 1.807) is 12.0 Å². The summed E-state index contributed by atoms with van der Waals surface area (Å²) in [5.74, 6) is -0.546. The second-order valence-electron chi connectivity index (χ2n) is 6.56. The molecule has 1 aliphatic rings. The molecule has 0 aliphatic carbocycles. The van der Waals surface area contributed by atoms with Gasteiger partial charge >= 0.3 is 0 Å². The van der Waals surface area contributed by atoms with Crippen LogP contribution in [0, 0.1) is 0 Å². The lowest BCUT2D eigenvalue weighted by Gasteiger charge is -2.27. The molecule has 0 saturated carbocycles. The maximum atomic E-state index is 12.6. The Hall–Kier alpha value is -2.34. The van der Waals surface area contributed by atoms with Gasteiger partial charge in [0.15, 0.2) is 11.5 Å². The zero-order valence-corrected chi connectivity index (χ0v) is 16.0. The number of ether oxygens (including phenoxy) is 1. The van der Waals surface area contributed by atoms with Crippen LogP contribution in [0.5, 0.6) is 5.75 Å². The molecule has 0 fully saturated rings. The number of rotatable bonds is 9. The van der Waals surface area contributed by atoms with Gasteiger partial charge in [-0.25, -0.2) is 0 Å². The lowest BCUT2D eigenvalue weighted by atomic mass is 9.96. The van der Waals surface area contributed by atoms with Crippen LogP contribution in [0.2, 0.25) is 0 Å². The van der Waals surface area contributed by atoms with E-state index >= 15 is 0 Å². The molecule has 1 amide bonds. The SMILES string of the molecule is CC[NH+](CC)CCCN1C(=O)C(O)=C(C(C)=O)C1c1cccc(OC)c1. The third-order valence-electron chi connectivity index (χ3n) is 5.02. The molecule has 6 nitrogen and oxygen atoms in total. The highest BCUT2D eigenvalue weighted by Crippen LogP contribution is 2.38. The molecule has 2 rings (SSSR count). The van der Waals surface area contributed by atoms with Gasteiger partial charge in [-0.1, -0.05) is 12.1 Å². The third-order valence-corrected chi connectivity index (χ3v) is 5.02. The number of aliphatic hydroxyl groups excluding tert-OH is 1. The second kappa shape index (κ2) is 8.85. The zero-order chi connectivity index (χ0) is 19.3. The van der Waals surface area contributed by atoms with Gasteiger partial charge in [-0.15, -0.1) is 0 Å². The summed E-state index contributed by atoms with van der Waals surface area (Å²) in [6.07, 6.45) is 0.807. The highest BCUT2D eigenvalue weighted by Gasteiger charge is 2.42. The van der Waals surface area contributed by atoms with E-state index in [9.17, 15) is 14.7 Å². The smallest absolute Gasteiger partial charge is 0.290 e. The first-order valence-corrected chi connectivity index (χ1v) is 9.17. The van der Waals surface area contributed by atoms with Crippen molar-refractivity contribution in [3.63, 3.8) is 0 Å². The average Bonchev–Trinajstić information content (AvgIpc) is 2.90. The molecule has 1 aromatic rings. The van der Waals surface area contributed by atoms with Crippen molar-refractivity contribution >= 4 is 11.7 Å². The first-order valence-electron chi connectivity index (χ1n) is 9.17. The van der Waals surface area contributed by atoms with Gasteiger partial charge in [0.1, 0.15) is 5.75 Å². The molecule has 0 saturated heterocycles. The standard InChI is InChI=1S/C20H28N2O4/c1-5-21(6-2)11-8-12-22-18(15-9-7-10-16(13-15)26-4)17(14(3)23)19(24)20(22)25/h7,9-10,13,18,24H,5-6,8,11-12H2,1-4H3/p+1. The van der Waals surface area contributed by atoms with Gasteiger partial charge in [0.05, 0.1) is 38.4 Å². The van der Waals surface area contributed by atoms with E-state index in [2.05, 4.69) is 13.8 Å². The fourth-order valence-electron chi connectivity index (χ4n) is 3.50. The van der Waals surface area contributed by atoms with Gasteiger partial charge in [0.25, 0.3) is 5.91 Å². The van der Waals surface area contributed by atoms with E-state index in [1.165, 1.54) is 11.8 Å². The van der Waals surface area contributed by atoms with Crippen LogP contribution in [0.1, 0.15) is 38.8 Å². The summed E-state index contributed by atoms with van der Waals surface area (Å²) in [5, 5.41) is 10.3. The Kier molecular flexibility index (Phi) is 6.80. The van der Waals surface area contributed by atoms with Gasteiger partial charge in [0, 0.05) is 13.0 Å². The van der Waals surface area contributed by atoms with Crippen LogP contribution < -0.4 is 9.64 Å². The van der Waals surface area contributed by atoms with Crippen LogP contribution in [0.3, 0.4) is 0 Å². The highest BCUT2D eigenvalue weighted by molar-refractivity contribution is 6.08. The number of Topliss-reactive ketones (excluding diaryl/α,β-unsaturated/α-hetero) is 1. The van der Waals surface area contributed by atoms with Crippen molar-refractivity contribution in [3.8, 4) is 5.75 Å². The summed E-state index contributed by atoms with van der Waals surface area (Å²) >= 11 is 0. The number of carbonyl (C=O) groups is 2. The van der Waals surface area contributed by atoms with Gasteiger partial charge in [-0.3, -0.25) is 9.59 Å². The summed E-state index contributed by atoms with van der Waals surface area (Å²) in [6, 6.07) is 6.73. The number of carbonyl (C=O) groups excluding carboxylic acids is 2. The molecule has 0 radical (unpaired) electrons. The highest BCUT2D eigenvalue weighted by atomic mass is 16.5. The second-order valence-corrected chi connectivity index (χ2v) is 6.56. The van der Waals surface area contributed by atoms with E-state index in [4.69, 9.17) is 4.74 Å². The number of aliphatic hydroxyl groups is 1. The fourth-order valence-corrected chi connectivity index (χ4v) is 3.50. The lowest BCUT2D eigenvalue weighted by molar-refractivity contribution is -0.896. The number of ketones is 1. The van der Waals surface area contributed by atoms with Gasteiger partial charge < -0.3 is 19.6 Å². The molecule has 142 valence electrons. The van der Waals surface area contributed by atoms with Crippen molar-refractivity contribution < 1.29 is 24.3 Å². The number of methoxy groups -OCH3 is 1. The predicted molar refractivity (Wildman–Crippen MR) is 99.3 cm³/mol. The van der Waals surface area contributed by atoms with Crippen molar-refractivity contribution in [2.45, 2.75) is 33.2 Å². The topological polar surface area (TPSA) is 71.3 Å². The van der Waals surface area contributed by atoms with E-state index < -0.39 is 17.7 Å². The summed E-state index contributed by atoms with van der Waals surface area (Å²) in [7, 11) is 1.57. The predicted octanol–water partition coefficient (Wildman–Crippen LogP) is 1.29. The monoisotopic (exact) mass is 361 g/mol. The number of hydrogen-bond acceptors (Lipinski definition) is 4. The van der Waals surface area contributed by atoms with E-state index in [0.29, 0.717) is 12.3 Å². The number of nitrogens with one attached hydrogen (secondary N) is 1. The minimum atomic E-state index is -0.568. The van der Waals surface area contributed by atoms with Gasteiger partial charge in [-0.2, -0.15) is 0 Å².